The maximum absolute atomic E-state index is 9.31. The van der Waals surface area contributed by atoms with Crippen LogP contribution in [0.4, 0.5) is 0 Å². The first-order chi connectivity index (χ1) is 11.3. The van der Waals surface area contributed by atoms with Crippen LogP contribution in [0.2, 0.25) is 0 Å². The van der Waals surface area contributed by atoms with Crippen molar-refractivity contribution in [2.45, 2.75) is 25.8 Å². The molecule has 3 aromatic rings. The Balaban J connectivity index is 1.64. The highest BCUT2D eigenvalue weighted by Crippen LogP contribution is 2.18. The molecule has 0 saturated carbocycles. The number of aliphatic hydroxyl groups is 1. The second-order valence-corrected chi connectivity index (χ2v) is 5.93. The summed E-state index contributed by atoms with van der Waals surface area (Å²) in [6.45, 7) is 3.88. The van der Waals surface area contributed by atoms with Crippen LogP contribution in [0.1, 0.15) is 29.2 Å². The third-order valence-corrected chi connectivity index (χ3v) is 4.19. The third-order valence-electron chi connectivity index (χ3n) is 4.19. The van der Waals surface area contributed by atoms with E-state index in [4.69, 9.17) is 0 Å². The molecule has 2 aromatic heterocycles. The predicted molar refractivity (Wildman–Crippen MR) is 92.5 cm³/mol. The number of rotatable bonds is 7. The molecule has 0 bridgehead atoms. The van der Waals surface area contributed by atoms with E-state index in [9.17, 15) is 5.11 Å². The van der Waals surface area contributed by atoms with Gasteiger partial charge in [0.15, 0.2) is 0 Å². The van der Waals surface area contributed by atoms with E-state index in [-0.39, 0.29) is 6.61 Å². The third kappa shape index (κ3) is 3.78. The Kier molecular flexibility index (Phi) is 5.05. The molecule has 2 N–H and O–H groups in total. The van der Waals surface area contributed by atoms with Crippen LogP contribution in [-0.4, -0.2) is 27.6 Å². The molecule has 120 valence electrons. The number of aliphatic hydroxyl groups excluding tert-OH is 1. The summed E-state index contributed by atoms with van der Waals surface area (Å²) in [5.74, 6) is 0.322. The fraction of sp³-hybridized carbons (Fsp3) is 0.316. The van der Waals surface area contributed by atoms with E-state index in [1.54, 1.807) is 0 Å². The lowest BCUT2D eigenvalue weighted by atomic mass is 9.96. The van der Waals surface area contributed by atoms with E-state index in [1.165, 1.54) is 11.1 Å². The molecule has 23 heavy (non-hydrogen) atoms. The molecule has 0 amide bonds. The molecule has 0 spiro atoms. The smallest absolute Gasteiger partial charge is 0.137 e. The van der Waals surface area contributed by atoms with E-state index in [0.717, 1.165) is 30.9 Å². The zero-order valence-electron chi connectivity index (χ0n) is 13.4. The lowest BCUT2D eigenvalue weighted by molar-refractivity contribution is 0.273. The fourth-order valence-corrected chi connectivity index (χ4v) is 2.91. The van der Waals surface area contributed by atoms with Crippen molar-refractivity contribution in [3.8, 4) is 0 Å². The molecule has 3 rings (SSSR count). The summed E-state index contributed by atoms with van der Waals surface area (Å²) >= 11 is 0. The minimum absolute atomic E-state index is 0.204. The van der Waals surface area contributed by atoms with Gasteiger partial charge in [-0.25, -0.2) is 4.98 Å². The number of nitrogens with one attached hydrogen (secondary N) is 1. The summed E-state index contributed by atoms with van der Waals surface area (Å²) in [4.78, 5) is 4.45. The molecule has 4 nitrogen and oxygen atoms in total. The highest BCUT2D eigenvalue weighted by atomic mass is 16.3. The summed E-state index contributed by atoms with van der Waals surface area (Å²) in [7, 11) is 0. The summed E-state index contributed by atoms with van der Waals surface area (Å²) in [6, 6.07) is 14.5. The molecule has 0 radical (unpaired) electrons. The van der Waals surface area contributed by atoms with Crippen molar-refractivity contribution in [1.82, 2.24) is 14.7 Å². The van der Waals surface area contributed by atoms with Gasteiger partial charge in [0.25, 0.3) is 0 Å². The van der Waals surface area contributed by atoms with E-state index in [1.807, 2.05) is 24.4 Å². The number of aromatic nitrogens is 2. The Morgan fingerprint density at radius 3 is 2.83 bits per heavy atom. The van der Waals surface area contributed by atoms with Gasteiger partial charge in [-0.2, -0.15) is 0 Å². The maximum Gasteiger partial charge on any atom is 0.137 e. The standard InChI is InChI=1S/C19H23N3O/c1-15-7-9-22-18(14-21-19(22)11-15)13-20-12-17(8-10-23)16-5-3-2-4-6-16/h2-7,9,11,14,17,20,23H,8,10,12-13H2,1H3. The number of nitrogens with zero attached hydrogens (tertiary/aromatic N) is 2. The quantitative estimate of drug-likeness (QED) is 0.705. The lowest BCUT2D eigenvalue weighted by Gasteiger charge is -2.17. The van der Waals surface area contributed by atoms with E-state index >= 15 is 0 Å². The minimum Gasteiger partial charge on any atom is -0.396 e. The number of fused-ring (bicyclic) bond motifs is 1. The average molecular weight is 309 g/mol. The van der Waals surface area contributed by atoms with Crippen LogP contribution in [0, 0.1) is 6.92 Å². The van der Waals surface area contributed by atoms with Crippen LogP contribution in [-0.2, 0) is 6.54 Å². The molecule has 0 saturated heterocycles. The van der Waals surface area contributed by atoms with Crippen molar-refractivity contribution >= 4 is 5.65 Å². The Morgan fingerprint density at radius 2 is 2.04 bits per heavy atom. The molecular formula is C19H23N3O. The first-order valence-electron chi connectivity index (χ1n) is 8.07. The van der Waals surface area contributed by atoms with Gasteiger partial charge in [-0.15, -0.1) is 0 Å². The molecule has 0 aliphatic carbocycles. The van der Waals surface area contributed by atoms with Crippen molar-refractivity contribution in [3.05, 3.63) is 71.7 Å². The van der Waals surface area contributed by atoms with Gasteiger partial charge >= 0.3 is 0 Å². The zero-order chi connectivity index (χ0) is 16.1. The first kappa shape index (κ1) is 15.7. The molecular weight excluding hydrogens is 286 g/mol. The maximum atomic E-state index is 9.31. The molecule has 1 unspecified atom stereocenters. The Labute approximate surface area is 136 Å². The fourth-order valence-electron chi connectivity index (χ4n) is 2.91. The Hall–Kier alpha value is -2.17. The summed E-state index contributed by atoms with van der Waals surface area (Å²) in [5, 5.41) is 12.8. The Morgan fingerprint density at radius 1 is 1.22 bits per heavy atom. The number of pyridine rings is 1. The van der Waals surface area contributed by atoms with Crippen LogP contribution in [0.3, 0.4) is 0 Å². The zero-order valence-corrected chi connectivity index (χ0v) is 13.4. The van der Waals surface area contributed by atoms with Gasteiger partial charge in [0, 0.05) is 25.9 Å². The van der Waals surface area contributed by atoms with Gasteiger partial charge in [-0.3, -0.25) is 0 Å². The lowest BCUT2D eigenvalue weighted by Crippen LogP contribution is -2.22. The van der Waals surface area contributed by atoms with Crippen LogP contribution in [0.5, 0.6) is 0 Å². The number of benzene rings is 1. The summed E-state index contributed by atoms with van der Waals surface area (Å²) in [5.41, 5.74) is 4.62. The Bertz CT molecular complexity index is 752. The second-order valence-electron chi connectivity index (χ2n) is 5.93. The summed E-state index contributed by atoms with van der Waals surface area (Å²) < 4.78 is 2.11. The van der Waals surface area contributed by atoms with Crippen molar-refractivity contribution in [3.63, 3.8) is 0 Å². The normalized spacial score (nSPS) is 12.6. The van der Waals surface area contributed by atoms with Crippen LogP contribution in [0.25, 0.3) is 5.65 Å². The highest BCUT2D eigenvalue weighted by molar-refractivity contribution is 5.42. The number of imidazole rings is 1. The van der Waals surface area contributed by atoms with Crippen LogP contribution in [0.15, 0.2) is 54.9 Å². The molecule has 1 aromatic carbocycles. The highest BCUT2D eigenvalue weighted by Gasteiger charge is 2.11. The van der Waals surface area contributed by atoms with Crippen molar-refractivity contribution in [1.29, 1.82) is 0 Å². The number of hydrogen-bond acceptors (Lipinski definition) is 3. The van der Waals surface area contributed by atoms with Crippen molar-refractivity contribution in [2.75, 3.05) is 13.2 Å². The van der Waals surface area contributed by atoms with Gasteiger partial charge in [0.05, 0.1) is 11.9 Å². The molecule has 2 heterocycles. The van der Waals surface area contributed by atoms with Crippen molar-refractivity contribution in [2.24, 2.45) is 0 Å². The van der Waals surface area contributed by atoms with Gasteiger partial charge in [-0.05, 0) is 42.5 Å². The molecule has 0 fully saturated rings. The largest absolute Gasteiger partial charge is 0.396 e. The van der Waals surface area contributed by atoms with Gasteiger partial charge in [0.1, 0.15) is 5.65 Å². The topological polar surface area (TPSA) is 49.6 Å². The van der Waals surface area contributed by atoms with Crippen LogP contribution < -0.4 is 5.32 Å². The summed E-state index contributed by atoms with van der Waals surface area (Å²) in [6.07, 6.45) is 4.76. The molecule has 1 atom stereocenters. The minimum atomic E-state index is 0.204. The van der Waals surface area contributed by atoms with E-state index < -0.39 is 0 Å². The van der Waals surface area contributed by atoms with Gasteiger partial charge < -0.3 is 14.8 Å². The second kappa shape index (κ2) is 7.40. The van der Waals surface area contributed by atoms with Gasteiger partial charge in [-0.1, -0.05) is 30.3 Å². The molecule has 0 aliphatic heterocycles. The number of aryl methyl sites for hydroxylation is 1. The molecule has 0 aliphatic rings. The van der Waals surface area contributed by atoms with Gasteiger partial charge in [0.2, 0.25) is 0 Å². The SMILES string of the molecule is Cc1ccn2c(CNCC(CCO)c3ccccc3)cnc2c1. The van der Waals surface area contributed by atoms with E-state index in [0.29, 0.717) is 5.92 Å². The molecule has 4 heteroatoms. The predicted octanol–water partition coefficient (Wildman–Crippen LogP) is 2.90. The van der Waals surface area contributed by atoms with Crippen molar-refractivity contribution < 1.29 is 5.11 Å². The van der Waals surface area contributed by atoms with Crippen LogP contribution >= 0.6 is 0 Å². The van der Waals surface area contributed by atoms with E-state index in [2.05, 4.69) is 52.1 Å². The average Bonchev–Trinajstić information content (AvgIpc) is 2.97. The monoisotopic (exact) mass is 309 g/mol. The first-order valence-corrected chi connectivity index (χ1v) is 8.07. The number of hydrogen-bond donors (Lipinski definition) is 2.